The van der Waals surface area contributed by atoms with Crippen molar-refractivity contribution in [1.82, 2.24) is 20.0 Å². The van der Waals surface area contributed by atoms with Crippen LogP contribution in [0.3, 0.4) is 0 Å². The van der Waals surface area contributed by atoms with Crippen LogP contribution < -0.4 is 4.74 Å². The molecule has 2 heterocycles. The largest absolute Gasteiger partial charge is 0.496 e. The Morgan fingerprint density at radius 3 is 2.64 bits per heavy atom. The summed E-state index contributed by atoms with van der Waals surface area (Å²) in [6, 6.07) is 15.1. The molecule has 1 aromatic heterocycles. The number of piperazine rings is 1. The second kappa shape index (κ2) is 8.12. The standard InChI is InChI=1S/C22H25FN4O/c1-26-9-11-27(12-10-26)15-16-5-3-6-17(13-16)19-14-20(25-24-19)22-18(23)7-4-8-21(22)28-2/h3-8,13-14H,9-12,15H2,1-2H3,(H,24,25). The number of hydrogen-bond donors (Lipinski definition) is 1. The van der Waals surface area contributed by atoms with Gasteiger partial charge in [0.15, 0.2) is 0 Å². The first kappa shape index (κ1) is 18.7. The fraction of sp³-hybridized carbons (Fsp3) is 0.318. The molecule has 0 atom stereocenters. The van der Waals surface area contributed by atoms with E-state index in [0.717, 1.165) is 44.0 Å². The summed E-state index contributed by atoms with van der Waals surface area (Å²) in [4.78, 5) is 4.83. The zero-order valence-corrected chi connectivity index (χ0v) is 16.3. The third-order valence-corrected chi connectivity index (χ3v) is 5.27. The minimum absolute atomic E-state index is 0.335. The van der Waals surface area contributed by atoms with Gasteiger partial charge < -0.3 is 9.64 Å². The van der Waals surface area contributed by atoms with E-state index in [1.807, 2.05) is 12.1 Å². The molecule has 0 spiro atoms. The van der Waals surface area contributed by atoms with Crippen LogP contribution in [0, 0.1) is 5.82 Å². The first-order valence-corrected chi connectivity index (χ1v) is 9.52. The van der Waals surface area contributed by atoms with E-state index in [9.17, 15) is 4.39 Å². The topological polar surface area (TPSA) is 44.4 Å². The van der Waals surface area contributed by atoms with Crippen LogP contribution in [0.25, 0.3) is 22.5 Å². The number of methoxy groups -OCH3 is 1. The van der Waals surface area contributed by atoms with E-state index in [1.165, 1.54) is 18.7 Å². The summed E-state index contributed by atoms with van der Waals surface area (Å²) in [5, 5.41) is 7.37. The molecule has 1 saturated heterocycles. The second-order valence-corrected chi connectivity index (χ2v) is 7.26. The molecule has 0 unspecified atom stereocenters. The number of rotatable bonds is 5. The Hall–Kier alpha value is -2.70. The van der Waals surface area contributed by atoms with Crippen molar-refractivity contribution in [3.63, 3.8) is 0 Å². The molecule has 0 bridgehead atoms. The SMILES string of the molecule is COc1cccc(F)c1-c1cc(-c2cccc(CN3CCN(C)CC3)c2)n[nH]1. The van der Waals surface area contributed by atoms with E-state index in [4.69, 9.17) is 4.74 Å². The molecule has 0 amide bonds. The van der Waals surface area contributed by atoms with Crippen LogP contribution in [0.4, 0.5) is 4.39 Å². The van der Waals surface area contributed by atoms with Gasteiger partial charge >= 0.3 is 0 Å². The van der Waals surface area contributed by atoms with Gasteiger partial charge in [0.1, 0.15) is 11.6 Å². The number of aromatic amines is 1. The van der Waals surface area contributed by atoms with Gasteiger partial charge in [-0.05, 0) is 36.9 Å². The number of H-pyrrole nitrogens is 1. The lowest BCUT2D eigenvalue weighted by molar-refractivity contribution is 0.148. The normalized spacial score (nSPS) is 15.7. The van der Waals surface area contributed by atoms with Gasteiger partial charge in [-0.2, -0.15) is 5.10 Å². The number of nitrogens with zero attached hydrogens (tertiary/aromatic N) is 3. The summed E-state index contributed by atoms with van der Waals surface area (Å²) in [7, 11) is 3.70. The molecule has 146 valence electrons. The number of halogens is 1. The number of aromatic nitrogens is 2. The van der Waals surface area contributed by atoms with Gasteiger partial charge in [-0.3, -0.25) is 10.00 Å². The number of hydrogen-bond acceptors (Lipinski definition) is 4. The summed E-state index contributed by atoms with van der Waals surface area (Å²) in [5.41, 5.74) is 4.08. The van der Waals surface area contributed by atoms with Crippen LogP contribution in [0.15, 0.2) is 48.5 Å². The first-order valence-electron chi connectivity index (χ1n) is 9.52. The van der Waals surface area contributed by atoms with Crippen LogP contribution >= 0.6 is 0 Å². The molecular weight excluding hydrogens is 355 g/mol. The molecule has 4 rings (SSSR count). The summed E-state index contributed by atoms with van der Waals surface area (Å²) in [5.74, 6) is 0.150. The van der Waals surface area contributed by atoms with Crippen molar-refractivity contribution in [3.8, 4) is 28.3 Å². The third-order valence-electron chi connectivity index (χ3n) is 5.27. The van der Waals surface area contributed by atoms with E-state index in [1.54, 1.807) is 12.1 Å². The lowest BCUT2D eigenvalue weighted by atomic mass is 10.1. The fourth-order valence-corrected chi connectivity index (χ4v) is 3.63. The van der Waals surface area contributed by atoms with Gasteiger partial charge in [-0.15, -0.1) is 0 Å². The molecule has 5 nitrogen and oxygen atoms in total. The van der Waals surface area contributed by atoms with Crippen molar-refractivity contribution < 1.29 is 9.13 Å². The van der Waals surface area contributed by atoms with Gasteiger partial charge in [0.2, 0.25) is 0 Å². The maximum atomic E-state index is 14.3. The molecule has 1 aliphatic heterocycles. The Kier molecular flexibility index (Phi) is 5.41. The molecule has 28 heavy (non-hydrogen) atoms. The van der Waals surface area contributed by atoms with Crippen molar-refractivity contribution in [3.05, 3.63) is 59.9 Å². The number of nitrogens with one attached hydrogen (secondary N) is 1. The first-order chi connectivity index (χ1) is 13.6. The van der Waals surface area contributed by atoms with Crippen LogP contribution in [0.5, 0.6) is 5.75 Å². The lowest BCUT2D eigenvalue weighted by Crippen LogP contribution is -2.43. The average Bonchev–Trinajstić information content (AvgIpc) is 3.19. The molecule has 0 aliphatic carbocycles. The number of benzene rings is 2. The Labute approximate surface area is 164 Å². The predicted octanol–water partition coefficient (Wildman–Crippen LogP) is 3.64. The molecule has 1 N–H and O–H groups in total. The fourth-order valence-electron chi connectivity index (χ4n) is 3.63. The van der Waals surface area contributed by atoms with Crippen molar-refractivity contribution in [2.45, 2.75) is 6.54 Å². The quantitative estimate of drug-likeness (QED) is 0.734. The Bertz CT molecular complexity index is 947. The molecular formula is C22H25FN4O. The average molecular weight is 380 g/mol. The van der Waals surface area contributed by atoms with Crippen molar-refractivity contribution >= 4 is 0 Å². The highest BCUT2D eigenvalue weighted by atomic mass is 19.1. The van der Waals surface area contributed by atoms with Gasteiger partial charge in [0.25, 0.3) is 0 Å². The molecule has 0 saturated carbocycles. The summed E-state index contributed by atoms with van der Waals surface area (Å²) >= 11 is 0. The zero-order chi connectivity index (χ0) is 19.5. The molecule has 6 heteroatoms. The summed E-state index contributed by atoms with van der Waals surface area (Å²) < 4.78 is 19.7. The minimum Gasteiger partial charge on any atom is -0.496 e. The van der Waals surface area contributed by atoms with E-state index < -0.39 is 0 Å². The highest BCUT2D eigenvalue weighted by Crippen LogP contribution is 2.33. The lowest BCUT2D eigenvalue weighted by Gasteiger charge is -2.32. The van der Waals surface area contributed by atoms with Crippen molar-refractivity contribution in [2.75, 3.05) is 40.3 Å². The van der Waals surface area contributed by atoms with E-state index in [0.29, 0.717) is 17.0 Å². The third kappa shape index (κ3) is 3.93. The van der Waals surface area contributed by atoms with Crippen LogP contribution in [0.1, 0.15) is 5.56 Å². The Morgan fingerprint density at radius 2 is 1.86 bits per heavy atom. The minimum atomic E-state index is -0.335. The van der Waals surface area contributed by atoms with E-state index >= 15 is 0 Å². The predicted molar refractivity (Wildman–Crippen MR) is 109 cm³/mol. The van der Waals surface area contributed by atoms with Crippen LogP contribution in [0.2, 0.25) is 0 Å². The monoisotopic (exact) mass is 380 g/mol. The van der Waals surface area contributed by atoms with Crippen LogP contribution in [-0.4, -0.2) is 60.3 Å². The Morgan fingerprint density at radius 1 is 1.07 bits per heavy atom. The van der Waals surface area contributed by atoms with E-state index in [2.05, 4.69) is 45.2 Å². The molecule has 1 fully saturated rings. The molecule has 0 radical (unpaired) electrons. The van der Waals surface area contributed by atoms with Gasteiger partial charge in [-0.25, -0.2) is 4.39 Å². The highest BCUT2D eigenvalue weighted by molar-refractivity contribution is 5.73. The maximum absolute atomic E-state index is 14.3. The van der Waals surface area contributed by atoms with Gasteiger partial charge in [0, 0.05) is 38.3 Å². The van der Waals surface area contributed by atoms with Crippen molar-refractivity contribution in [2.24, 2.45) is 0 Å². The number of ether oxygens (including phenoxy) is 1. The highest BCUT2D eigenvalue weighted by Gasteiger charge is 2.16. The van der Waals surface area contributed by atoms with Gasteiger partial charge in [0.05, 0.1) is 24.1 Å². The molecule has 3 aromatic rings. The molecule has 1 aliphatic rings. The van der Waals surface area contributed by atoms with Crippen LogP contribution in [-0.2, 0) is 6.54 Å². The second-order valence-electron chi connectivity index (χ2n) is 7.26. The smallest absolute Gasteiger partial charge is 0.136 e. The van der Waals surface area contributed by atoms with Gasteiger partial charge in [-0.1, -0.05) is 24.3 Å². The van der Waals surface area contributed by atoms with Crippen molar-refractivity contribution in [1.29, 1.82) is 0 Å². The number of likely N-dealkylation sites (N-methyl/N-ethyl adjacent to an activating group) is 1. The Balaban J connectivity index is 1.56. The molecule has 2 aromatic carbocycles. The zero-order valence-electron chi connectivity index (χ0n) is 16.3. The van der Waals surface area contributed by atoms with E-state index in [-0.39, 0.29) is 5.82 Å². The summed E-state index contributed by atoms with van der Waals surface area (Å²) in [6.07, 6.45) is 0. The maximum Gasteiger partial charge on any atom is 0.136 e. The summed E-state index contributed by atoms with van der Waals surface area (Å²) in [6.45, 7) is 5.31.